The Morgan fingerprint density at radius 3 is 2.47 bits per heavy atom. The summed E-state index contributed by atoms with van der Waals surface area (Å²) in [5.74, 6) is -2.67. The molecule has 2 unspecified atom stereocenters. The van der Waals surface area contributed by atoms with Crippen molar-refractivity contribution in [3.05, 3.63) is 47.1 Å². The van der Waals surface area contributed by atoms with E-state index >= 15 is 0 Å². The number of benzene rings is 1. The highest BCUT2D eigenvalue weighted by atomic mass is 16.5. The number of phenolic OH excluding ortho intramolecular Hbond substituents is 1. The number of hydrogen-bond acceptors (Lipinski definition) is 9. The van der Waals surface area contributed by atoms with Crippen LogP contribution in [0.5, 0.6) is 11.5 Å². The number of rotatable bonds is 6. The topological polar surface area (TPSA) is 188 Å². The lowest BCUT2D eigenvalue weighted by molar-refractivity contribution is -0.198. The molecule has 2 bridgehead atoms. The van der Waals surface area contributed by atoms with E-state index in [9.17, 15) is 24.6 Å². The largest absolute Gasteiger partial charge is 0.504 e. The third-order valence-corrected chi connectivity index (χ3v) is 10.6. The van der Waals surface area contributed by atoms with Gasteiger partial charge in [-0.2, -0.15) is 0 Å². The molecule has 1 spiro atoms. The van der Waals surface area contributed by atoms with E-state index in [-0.39, 0.29) is 29.8 Å². The number of amides is 1. The van der Waals surface area contributed by atoms with Crippen LogP contribution in [0.15, 0.2) is 35.9 Å². The number of ether oxygens (including phenoxy) is 1. The molecule has 6 N–H and O–H groups in total. The molecule has 1 amide bonds. The molecule has 3 aliphatic heterocycles. The van der Waals surface area contributed by atoms with Crippen molar-refractivity contribution in [3.8, 4) is 11.5 Å². The number of carboxylic acid groups (broad SMARTS) is 2. The molecule has 0 radical (unpaired) electrons. The number of aliphatic carboxylic acids is 2. The number of aliphatic hydroxyl groups excluding tert-OH is 2. The zero-order valence-electron chi connectivity index (χ0n) is 23.8. The van der Waals surface area contributed by atoms with Gasteiger partial charge in [0.1, 0.15) is 6.10 Å². The molecule has 12 nitrogen and oxygen atoms in total. The van der Waals surface area contributed by atoms with E-state index in [1.807, 2.05) is 12.1 Å². The predicted octanol–water partition coefficient (Wildman–Crippen LogP) is 0.691. The molecule has 0 aromatic heterocycles. The summed E-state index contributed by atoms with van der Waals surface area (Å²) in [5, 5.41) is 55.8. The fraction of sp³-hybridized carbons (Fsp3) is 0.581. The quantitative estimate of drug-likeness (QED) is 0.253. The van der Waals surface area contributed by atoms with E-state index < -0.39 is 35.2 Å². The number of carbonyl (C=O) groups excluding carboxylic acids is 1. The number of carbonyl (C=O) groups is 3. The minimum absolute atomic E-state index is 0.0140. The molecule has 232 valence electrons. The Balaban J connectivity index is 0.000000286. The lowest BCUT2D eigenvalue weighted by Gasteiger charge is -2.64. The summed E-state index contributed by atoms with van der Waals surface area (Å²) in [7, 11) is 0. The molecule has 12 heteroatoms. The molecule has 1 aromatic rings. The summed E-state index contributed by atoms with van der Waals surface area (Å²) in [6, 6.07) is 3.64. The smallest absolute Gasteiger partial charge is 0.335 e. The van der Waals surface area contributed by atoms with E-state index in [1.165, 1.54) is 11.1 Å². The molecular weight excluding hydrogens is 560 g/mol. The first-order valence-electron chi connectivity index (χ1n) is 14.9. The number of hydrogen-bond donors (Lipinski definition) is 6. The van der Waals surface area contributed by atoms with Gasteiger partial charge < -0.3 is 40.3 Å². The van der Waals surface area contributed by atoms with E-state index in [0.717, 1.165) is 69.2 Å². The van der Waals surface area contributed by atoms with Crippen LogP contribution in [-0.4, -0.2) is 114 Å². The maximum absolute atomic E-state index is 13.5. The van der Waals surface area contributed by atoms with Gasteiger partial charge in [-0.05, 0) is 75.1 Å². The van der Waals surface area contributed by atoms with Crippen LogP contribution in [0.1, 0.15) is 56.1 Å². The van der Waals surface area contributed by atoms with Gasteiger partial charge in [0.05, 0.1) is 17.1 Å². The summed E-state index contributed by atoms with van der Waals surface area (Å²) in [5.41, 5.74) is 2.98. The molecule has 3 aliphatic carbocycles. The third-order valence-electron chi connectivity index (χ3n) is 10.6. The van der Waals surface area contributed by atoms with Gasteiger partial charge >= 0.3 is 11.9 Å². The maximum atomic E-state index is 13.5. The second-order valence-electron chi connectivity index (χ2n) is 12.5. The van der Waals surface area contributed by atoms with Crippen LogP contribution in [0.3, 0.4) is 0 Å². The van der Waals surface area contributed by atoms with Crippen LogP contribution in [0.4, 0.5) is 0 Å². The second kappa shape index (κ2) is 10.6. The average molecular weight is 599 g/mol. The van der Waals surface area contributed by atoms with Gasteiger partial charge in [0.25, 0.3) is 0 Å². The number of likely N-dealkylation sites (tertiary alicyclic amines) is 1. The predicted molar refractivity (Wildman–Crippen MR) is 151 cm³/mol. The normalized spacial score (nSPS) is 33.4. The van der Waals surface area contributed by atoms with Crippen molar-refractivity contribution in [1.82, 2.24) is 9.80 Å². The molecule has 2 fully saturated rings. The number of carboxylic acids is 2. The highest BCUT2D eigenvalue weighted by Gasteiger charge is 2.73. The maximum Gasteiger partial charge on any atom is 0.335 e. The summed E-state index contributed by atoms with van der Waals surface area (Å²) < 4.78 is 6.64. The first kappa shape index (κ1) is 29.6. The zero-order valence-corrected chi connectivity index (χ0v) is 23.8. The van der Waals surface area contributed by atoms with Crippen LogP contribution in [0.25, 0.3) is 0 Å². The highest BCUT2D eigenvalue weighted by Crippen LogP contribution is 2.66. The minimum Gasteiger partial charge on any atom is -0.504 e. The van der Waals surface area contributed by atoms with E-state index in [2.05, 4.69) is 16.4 Å². The number of piperidine rings is 1. The molecule has 7 rings (SSSR count). The van der Waals surface area contributed by atoms with Crippen LogP contribution in [0, 0.1) is 0 Å². The lowest BCUT2D eigenvalue weighted by Crippen LogP contribution is -2.78. The number of aromatic hydroxyl groups is 1. The van der Waals surface area contributed by atoms with Gasteiger partial charge in [0, 0.05) is 30.3 Å². The van der Waals surface area contributed by atoms with Crippen LogP contribution >= 0.6 is 0 Å². The Morgan fingerprint density at radius 1 is 1.12 bits per heavy atom. The molecular formula is C31H38N2O10. The Hall–Kier alpha value is -3.45. The summed E-state index contributed by atoms with van der Waals surface area (Å²) in [6.45, 7) is 6.25. The first-order valence-corrected chi connectivity index (χ1v) is 14.9. The highest BCUT2D eigenvalue weighted by molar-refractivity contribution is 5.97. The van der Waals surface area contributed by atoms with E-state index in [0.29, 0.717) is 18.7 Å². The molecule has 7 atom stereocenters. The Labute approximate surface area is 248 Å². The van der Waals surface area contributed by atoms with Crippen molar-refractivity contribution in [2.24, 2.45) is 0 Å². The van der Waals surface area contributed by atoms with Crippen LogP contribution in [-0.2, 0) is 26.2 Å². The SMILES string of the molecule is C=CCN1CC[C@]23c4c5ccc(O)c4O[C@H]2[C@@H](N2CC4=C(CCCC4)C2=O)CC[C@@]3(O)[C@H]1C5.O=C(O)C(O)C(O)C(=O)O. The van der Waals surface area contributed by atoms with Crippen molar-refractivity contribution in [3.63, 3.8) is 0 Å². The van der Waals surface area contributed by atoms with Crippen molar-refractivity contribution in [1.29, 1.82) is 0 Å². The molecule has 43 heavy (non-hydrogen) atoms. The standard InChI is InChI=1S/C27H32N2O4.C4H6O6/c1-2-12-28-13-11-26-22-16-7-8-20(30)23(22)33-24(26)19(9-10-27(26,32)21(28)14-16)29-15-17-5-3-4-6-18(17)25(29)31;5-1(3(7)8)2(6)4(9)10/h2,7-8,19,21,24,30,32H,1,3-6,9-15H2;1-2,5-6H,(H,7,8)(H,9,10)/t19-,21+,24-,26-,27+;/m0./s1. The zero-order chi connectivity index (χ0) is 30.8. The summed E-state index contributed by atoms with van der Waals surface area (Å²) in [6.07, 6.45) is 4.09. The van der Waals surface area contributed by atoms with Crippen molar-refractivity contribution >= 4 is 17.8 Å². The summed E-state index contributed by atoms with van der Waals surface area (Å²) in [4.78, 5) is 37.5. The molecule has 3 heterocycles. The van der Waals surface area contributed by atoms with Gasteiger partial charge in [0.2, 0.25) is 5.91 Å². The Morgan fingerprint density at radius 2 is 1.81 bits per heavy atom. The van der Waals surface area contributed by atoms with Crippen molar-refractivity contribution < 1.29 is 49.8 Å². The first-order chi connectivity index (χ1) is 20.5. The monoisotopic (exact) mass is 598 g/mol. The van der Waals surface area contributed by atoms with Crippen molar-refractivity contribution in [2.45, 2.75) is 92.8 Å². The van der Waals surface area contributed by atoms with E-state index in [1.54, 1.807) is 6.07 Å². The molecule has 1 aromatic carbocycles. The molecule has 1 saturated carbocycles. The lowest BCUT2D eigenvalue weighted by atomic mass is 9.48. The van der Waals surface area contributed by atoms with Gasteiger partial charge in [-0.15, -0.1) is 6.58 Å². The Bertz CT molecular complexity index is 1390. The second-order valence-corrected chi connectivity index (χ2v) is 12.5. The molecule has 1 saturated heterocycles. The Kier molecular flexibility index (Phi) is 7.31. The van der Waals surface area contributed by atoms with Gasteiger partial charge in [-0.25, -0.2) is 9.59 Å². The number of nitrogens with zero attached hydrogens (tertiary/aromatic N) is 2. The minimum atomic E-state index is -2.27. The van der Waals surface area contributed by atoms with Crippen LogP contribution < -0.4 is 4.74 Å². The van der Waals surface area contributed by atoms with Crippen molar-refractivity contribution in [2.75, 3.05) is 19.6 Å². The van der Waals surface area contributed by atoms with Gasteiger partial charge in [-0.1, -0.05) is 12.1 Å². The fourth-order valence-corrected chi connectivity index (χ4v) is 8.70. The van der Waals surface area contributed by atoms with Gasteiger partial charge in [0.15, 0.2) is 23.7 Å². The van der Waals surface area contributed by atoms with Gasteiger partial charge in [-0.3, -0.25) is 9.69 Å². The third kappa shape index (κ3) is 4.21. The van der Waals surface area contributed by atoms with Crippen LogP contribution in [0.2, 0.25) is 0 Å². The average Bonchev–Trinajstić information content (AvgIpc) is 3.51. The fourth-order valence-electron chi connectivity index (χ4n) is 8.70. The number of aliphatic hydroxyl groups is 3. The summed E-state index contributed by atoms with van der Waals surface area (Å²) >= 11 is 0. The molecule has 6 aliphatic rings. The van der Waals surface area contributed by atoms with E-state index in [4.69, 9.17) is 25.2 Å². The number of phenols is 1.